The van der Waals surface area contributed by atoms with Crippen LogP contribution in [-0.2, 0) is 19.3 Å². The Hall–Kier alpha value is -2.29. The Morgan fingerprint density at radius 3 is 2.04 bits per heavy atom. The number of nitrogens with zero attached hydrogens (tertiary/aromatic N) is 2. The van der Waals surface area contributed by atoms with Gasteiger partial charge in [-0.3, -0.25) is 9.79 Å². The monoisotopic (exact) mass is 322 g/mol. The minimum Gasteiger partial charge on any atom is -0.293 e. The minimum absolute atomic E-state index is 0.0274. The fourth-order valence-electron chi connectivity index (χ4n) is 2.78. The molecule has 126 valence electrons. The Morgan fingerprint density at radius 2 is 1.54 bits per heavy atom. The maximum absolute atomic E-state index is 11.5. The zero-order valence-electron chi connectivity index (χ0n) is 15.3. The number of carbonyl (C=O) groups is 1. The van der Waals surface area contributed by atoms with Crippen LogP contribution < -0.4 is 0 Å². The second-order valence-electron chi connectivity index (χ2n) is 5.98. The second-order valence-corrected chi connectivity index (χ2v) is 5.98. The molecular weight excluding hydrogens is 296 g/mol. The maximum atomic E-state index is 11.5. The highest BCUT2D eigenvalue weighted by molar-refractivity contribution is 6.00. The van der Waals surface area contributed by atoms with E-state index in [1.165, 1.54) is 23.6 Å². The van der Waals surface area contributed by atoms with Crippen molar-refractivity contribution in [2.24, 2.45) is 4.99 Å². The van der Waals surface area contributed by atoms with Crippen molar-refractivity contribution in [1.82, 2.24) is 4.98 Å². The van der Waals surface area contributed by atoms with Crippen LogP contribution in [0.25, 0.3) is 0 Å². The molecule has 0 atom stereocenters. The largest absolute Gasteiger partial charge is 0.293 e. The SMILES string of the molecule is CCc1cc(CC)c(N=C(C)c2cccc(C(C)=O)n2)c(CC)c1. The Morgan fingerprint density at radius 1 is 0.958 bits per heavy atom. The molecule has 0 saturated heterocycles. The second kappa shape index (κ2) is 8.00. The van der Waals surface area contributed by atoms with E-state index in [4.69, 9.17) is 4.99 Å². The van der Waals surface area contributed by atoms with Crippen molar-refractivity contribution < 1.29 is 4.79 Å². The van der Waals surface area contributed by atoms with Crippen molar-refractivity contribution in [3.63, 3.8) is 0 Å². The van der Waals surface area contributed by atoms with Crippen molar-refractivity contribution in [3.05, 3.63) is 58.4 Å². The summed E-state index contributed by atoms with van der Waals surface area (Å²) >= 11 is 0. The third-order valence-electron chi connectivity index (χ3n) is 4.26. The molecule has 0 aliphatic heterocycles. The number of rotatable bonds is 6. The van der Waals surface area contributed by atoms with E-state index in [1.54, 1.807) is 6.07 Å². The number of hydrogen-bond acceptors (Lipinski definition) is 3. The molecule has 2 rings (SSSR count). The van der Waals surface area contributed by atoms with Crippen molar-refractivity contribution >= 4 is 17.2 Å². The quantitative estimate of drug-likeness (QED) is 0.547. The van der Waals surface area contributed by atoms with Gasteiger partial charge in [0, 0.05) is 6.92 Å². The highest BCUT2D eigenvalue weighted by atomic mass is 16.1. The summed E-state index contributed by atoms with van der Waals surface area (Å²) in [7, 11) is 0. The van der Waals surface area contributed by atoms with Gasteiger partial charge in [-0.15, -0.1) is 0 Å². The lowest BCUT2D eigenvalue weighted by molar-refractivity contribution is 0.101. The molecule has 0 saturated carbocycles. The van der Waals surface area contributed by atoms with Crippen molar-refractivity contribution in [1.29, 1.82) is 0 Å². The van der Waals surface area contributed by atoms with Gasteiger partial charge in [-0.05, 0) is 55.0 Å². The van der Waals surface area contributed by atoms with E-state index in [9.17, 15) is 4.79 Å². The third-order valence-corrected chi connectivity index (χ3v) is 4.26. The first-order chi connectivity index (χ1) is 11.5. The maximum Gasteiger partial charge on any atom is 0.178 e. The van der Waals surface area contributed by atoms with Gasteiger partial charge in [-0.25, -0.2) is 4.98 Å². The van der Waals surface area contributed by atoms with Crippen LogP contribution in [0.15, 0.2) is 35.3 Å². The van der Waals surface area contributed by atoms with Gasteiger partial charge in [0.05, 0.1) is 17.1 Å². The smallest absolute Gasteiger partial charge is 0.178 e. The highest BCUT2D eigenvalue weighted by Gasteiger charge is 2.10. The minimum atomic E-state index is -0.0274. The standard InChI is InChI=1S/C21H26N2O/c1-6-16-12-17(7-2)21(18(8-3)13-16)22-14(4)19-10-9-11-20(23-19)15(5)24/h9-13H,6-8H2,1-5H3. The predicted octanol–water partition coefficient (Wildman–Crippen LogP) is 5.11. The van der Waals surface area contributed by atoms with Gasteiger partial charge >= 0.3 is 0 Å². The zero-order valence-corrected chi connectivity index (χ0v) is 15.3. The van der Waals surface area contributed by atoms with Gasteiger partial charge in [0.2, 0.25) is 0 Å². The van der Waals surface area contributed by atoms with Crippen LogP contribution in [-0.4, -0.2) is 16.5 Å². The topological polar surface area (TPSA) is 42.3 Å². The lowest BCUT2D eigenvalue weighted by atomic mass is 9.98. The Bertz CT molecular complexity index is 750. The first kappa shape index (κ1) is 18.1. The van der Waals surface area contributed by atoms with Gasteiger partial charge in [0.1, 0.15) is 5.69 Å². The van der Waals surface area contributed by atoms with Gasteiger partial charge < -0.3 is 0 Å². The number of pyridine rings is 1. The first-order valence-electron chi connectivity index (χ1n) is 8.68. The zero-order chi connectivity index (χ0) is 17.7. The molecule has 0 bridgehead atoms. The molecule has 1 aromatic heterocycles. The van der Waals surface area contributed by atoms with Crippen molar-refractivity contribution in [3.8, 4) is 0 Å². The molecule has 0 unspecified atom stereocenters. The average Bonchev–Trinajstić information content (AvgIpc) is 2.61. The number of Topliss-reactive ketones (excluding diaryl/α,β-unsaturated/α-hetero) is 1. The summed E-state index contributed by atoms with van der Waals surface area (Å²) in [5.41, 5.74) is 7.04. The summed E-state index contributed by atoms with van der Waals surface area (Å²) in [6.07, 6.45) is 2.94. The molecule has 0 spiro atoms. The van der Waals surface area contributed by atoms with Crippen LogP contribution in [0.1, 0.15) is 67.5 Å². The summed E-state index contributed by atoms with van der Waals surface area (Å²) in [6, 6.07) is 10.0. The van der Waals surface area contributed by atoms with E-state index in [0.717, 1.165) is 36.4 Å². The Kier molecular flexibility index (Phi) is 6.02. The third kappa shape index (κ3) is 3.97. The number of aromatic nitrogens is 1. The first-order valence-corrected chi connectivity index (χ1v) is 8.68. The van der Waals surface area contributed by atoms with Crippen LogP contribution in [0.4, 0.5) is 5.69 Å². The van der Waals surface area contributed by atoms with E-state index < -0.39 is 0 Å². The van der Waals surface area contributed by atoms with Crippen LogP contribution in [0.2, 0.25) is 0 Å². The molecule has 3 heteroatoms. The fourth-order valence-corrected chi connectivity index (χ4v) is 2.78. The van der Waals surface area contributed by atoms with Crippen LogP contribution in [0, 0.1) is 0 Å². The summed E-state index contributed by atoms with van der Waals surface area (Å²) in [5, 5.41) is 0. The fraction of sp³-hybridized carbons (Fsp3) is 0.381. The molecule has 24 heavy (non-hydrogen) atoms. The number of ketones is 1. The van der Waals surface area contributed by atoms with Gasteiger partial charge in [-0.2, -0.15) is 0 Å². The summed E-state index contributed by atoms with van der Waals surface area (Å²) < 4.78 is 0. The van der Waals surface area contributed by atoms with Gasteiger partial charge in [-0.1, -0.05) is 39.0 Å². The molecule has 3 nitrogen and oxygen atoms in total. The number of benzene rings is 1. The van der Waals surface area contributed by atoms with E-state index in [1.807, 2.05) is 19.1 Å². The van der Waals surface area contributed by atoms with E-state index in [-0.39, 0.29) is 5.78 Å². The molecule has 0 amide bonds. The lowest BCUT2D eigenvalue weighted by Gasteiger charge is -2.13. The molecular formula is C21H26N2O. The van der Waals surface area contributed by atoms with Gasteiger partial charge in [0.25, 0.3) is 0 Å². The number of carbonyl (C=O) groups excluding carboxylic acids is 1. The molecule has 0 fully saturated rings. The van der Waals surface area contributed by atoms with E-state index >= 15 is 0 Å². The van der Waals surface area contributed by atoms with Gasteiger partial charge in [0.15, 0.2) is 5.78 Å². The van der Waals surface area contributed by atoms with Crippen LogP contribution in [0.5, 0.6) is 0 Å². The van der Waals surface area contributed by atoms with Crippen molar-refractivity contribution in [2.45, 2.75) is 53.9 Å². The molecule has 2 aromatic rings. The molecule has 0 radical (unpaired) electrons. The number of aliphatic imine (C=N–C) groups is 1. The molecule has 0 N–H and O–H groups in total. The normalized spacial score (nSPS) is 11.6. The number of aryl methyl sites for hydroxylation is 3. The van der Waals surface area contributed by atoms with E-state index in [2.05, 4.69) is 37.9 Å². The van der Waals surface area contributed by atoms with Crippen LogP contribution >= 0.6 is 0 Å². The number of hydrogen-bond donors (Lipinski definition) is 0. The lowest BCUT2D eigenvalue weighted by Crippen LogP contribution is -2.04. The Balaban J connectivity index is 2.53. The average molecular weight is 322 g/mol. The molecule has 1 aromatic carbocycles. The van der Waals surface area contributed by atoms with Crippen LogP contribution in [0.3, 0.4) is 0 Å². The van der Waals surface area contributed by atoms with E-state index in [0.29, 0.717) is 5.69 Å². The Labute approximate surface area is 144 Å². The van der Waals surface area contributed by atoms with Crippen molar-refractivity contribution in [2.75, 3.05) is 0 Å². The highest BCUT2D eigenvalue weighted by Crippen LogP contribution is 2.29. The summed E-state index contributed by atoms with van der Waals surface area (Å²) in [5.74, 6) is -0.0274. The summed E-state index contributed by atoms with van der Waals surface area (Å²) in [4.78, 5) is 20.9. The molecule has 0 aliphatic carbocycles. The predicted molar refractivity (Wildman–Crippen MR) is 101 cm³/mol. The molecule has 1 heterocycles. The summed E-state index contributed by atoms with van der Waals surface area (Å²) in [6.45, 7) is 10.00. The molecule has 0 aliphatic rings.